The summed E-state index contributed by atoms with van der Waals surface area (Å²) in [7, 11) is -2.19. The lowest BCUT2D eigenvalue weighted by Gasteiger charge is -2.36. The lowest BCUT2D eigenvalue weighted by molar-refractivity contribution is 0.00578. The van der Waals surface area contributed by atoms with Crippen LogP contribution in [0.4, 0.5) is 0 Å². The summed E-state index contributed by atoms with van der Waals surface area (Å²) in [6.07, 6.45) is 0. The number of aromatic nitrogens is 2. The first-order valence-electron chi connectivity index (χ1n) is 11.8. The molecule has 3 aromatic rings. The number of nitrogens with one attached hydrogen (secondary N) is 1. The van der Waals surface area contributed by atoms with E-state index in [1.54, 1.807) is 0 Å². The molecule has 1 aromatic heterocycles. The zero-order valence-electron chi connectivity index (χ0n) is 21.5. The summed E-state index contributed by atoms with van der Waals surface area (Å²) in [6.45, 7) is 20.3. The maximum atomic E-state index is 6.43. The second kappa shape index (κ2) is 8.08. The van der Waals surface area contributed by atoms with Gasteiger partial charge in [-0.1, -0.05) is 51.1 Å². The highest BCUT2D eigenvalue weighted by molar-refractivity contribution is 6.74. The van der Waals surface area contributed by atoms with E-state index in [2.05, 4.69) is 114 Å². The Balaban J connectivity index is 1.57. The van der Waals surface area contributed by atoms with Crippen LogP contribution in [0.5, 0.6) is 0 Å². The quantitative estimate of drug-likeness (QED) is 0.467. The molecule has 1 aliphatic rings. The molecule has 2 heterocycles. The van der Waals surface area contributed by atoms with Crippen molar-refractivity contribution in [2.45, 2.75) is 84.4 Å². The molecule has 0 amide bonds. The van der Waals surface area contributed by atoms with Gasteiger partial charge in [0.2, 0.25) is 0 Å². The third-order valence-electron chi connectivity index (χ3n) is 7.72. The molecule has 0 unspecified atom stereocenters. The Kier molecular flexibility index (Phi) is 5.93. The van der Waals surface area contributed by atoms with Crippen LogP contribution >= 0.6 is 0 Å². The molecule has 0 atom stereocenters. The Hall–Kier alpha value is -1.93. The second-order valence-electron chi connectivity index (χ2n) is 11.7. The molecular formula is C26H37BN2O3Si. The Morgan fingerprint density at radius 1 is 1.00 bits per heavy atom. The predicted molar refractivity (Wildman–Crippen MR) is 139 cm³/mol. The minimum absolute atomic E-state index is 0.192. The second-order valence-corrected chi connectivity index (χ2v) is 16.5. The van der Waals surface area contributed by atoms with Gasteiger partial charge in [0.05, 0.1) is 29.0 Å². The predicted octanol–water partition coefficient (Wildman–Crippen LogP) is 6.05. The van der Waals surface area contributed by atoms with Crippen LogP contribution in [0.3, 0.4) is 0 Å². The molecule has 7 heteroatoms. The van der Waals surface area contributed by atoms with Gasteiger partial charge in [0.15, 0.2) is 8.32 Å². The molecule has 1 aliphatic heterocycles. The number of aromatic amines is 1. The molecule has 0 aliphatic carbocycles. The highest BCUT2D eigenvalue weighted by atomic mass is 28.4. The highest BCUT2D eigenvalue weighted by Crippen LogP contribution is 2.38. The fourth-order valence-corrected chi connectivity index (χ4v) is 4.63. The van der Waals surface area contributed by atoms with Crippen molar-refractivity contribution < 1.29 is 13.7 Å². The lowest BCUT2D eigenvalue weighted by atomic mass is 9.78. The average Bonchev–Trinajstić information content (AvgIpc) is 3.23. The van der Waals surface area contributed by atoms with Crippen LogP contribution < -0.4 is 5.46 Å². The Morgan fingerprint density at radius 3 is 2.30 bits per heavy atom. The molecule has 0 radical (unpaired) electrons. The number of rotatable bonds is 5. The number of nitrogens with zero attached hydrogens (tertiary/aromatic N) is 1. The summed E-state index contributed by atoms with van der Waals surface area (Å²) >= 11 is 0. The third kappa shape index (κ3) is 4.56. The molecule has 176 valence electrons. The molecule has 0 spiro atoms. The fraction of sp³-hybridized carbons (Fsp3) is 0.500. The Morgan fingerprint density at radius 2 is 1.67 bits per heavy atom. The van der Waals surface area contributed by atoms with E-state index in [1.165, 1.54) is 5.56 Å². The lowest BCUT2D eigenvalue weighted by Crippen LogP contribution is -2.41. The van der Waals surface area contributed by atoms with E-state index < -0.39 is 8.32 Å². The van der Waals surface area contributed by atoms with Crippen molar-refractivity contribution in [3.05, 3.63) is 48.0 Å². The van der Waals surface area contributed by atoms with E-state index >= 15 is 0 Å². The van der Waals surface area contributed by atoms with Crippen LogP contribution in [0, 0.1) is 0 Å². The number of fused-ring (bicyclic) bond motifs is 1. The minimum Gasteiger partial charge on any atom is -0.413 e. The number of hydrogen-bond acceptors (Lipinski definition) is 4. The third-order valence-corrected chi connectivity index (χ3v) is 12.2. The first-order chi connectivity index (χ1) is 15.2. The molecule has 1 saturated heterocycles. The van der Waals surface area contributed by atoms with Crippen LogP contribution in [-0.2, 0) is 20.3 Å². The number of benzene rings is 2. The van der Waals surface area contributed by atoms with Gasteiger partial charge in [0, 0.05) is 10.9 Å². The van der Waals surface area contributed by atoms with E-state index in [-0.39, 0.29) is 23.4 Å². The van der Waals surface area contributed by atoms with Crippen molar-refractivity contribution in [2.75, 3.05) is 0 Å². The van der Waals surface area contributed by atoms with Gasteiger partial charge in [-0.05, 0) is 69.0 Å². The molecule has 33 heavy (non-hydrogen) atoms. The van der Waals surface area contributed by atoms with E-state index in [9.17, 15) is 0 Å². The maximum absolute atomic E-state index is 6.43. The number of hydrogen-bond donors (Lipinski definition) is 1. The molecule has 0 bridgehead atoms. The van der Waals surface area contributed by atoms with Crippen LogP contribution in [0.25, 0.3) is 22.2 Å². The van der Waals surface area contributed by atoms with Crippen molar-refractivity contribution in [3.8, 4) is 11.3 Å². The van der Waals surface area contributed by atoms with Gasteiger partial charge in [0.25, 0.3) is 0 Å². The molecule has 1 fully saturated rings. The summed E-state index contributed by atoms with van der Waals surface area (Å²) in [4.78, 5) is 0. The van der Waals surface area contributed by atoms with Gasteiger partial charge >= 0.3 is 7.12 Å². The van der Waals surface area contributed by atoms with Gasteiger partial charge in [-0.2, -0.15) is 5.10 Å². The van der Waals surface area contributed by atoms with Crippen LogP contribution in [0.15, 0.2) is 42.5 Å². The van der Waals surface area contributed by atoms with E-state index in [0.717, 1.165) is 27.6 Å². The Labute approximate surface area is 199 Å². The van der Waals surface area contributed by atoms with Gasteiger partial charge in [-0.15, -0.1) is 0 Å². The monoisotopic (exact) mass is 464 g/mol. The summed E-state index contributed by atoms with van der Waals surface area (Å²) in [6, 6.07) is 14.8. The summed E-state index contributed by atoms with van der Waals surface area (Å²) in [5.74, 6) is 0. The SMILES string of the molecule is CC1(C)OB(c2ccc3c(-c4cccc(CO[Si](C)(C)C(C)(C)C)c4)n[nH]c3c2)OC1(C)C. The summed E-state index contributed by atoms with van der Waals surface area (Å²) in [5, 5.41) is 9.12. The average molecular weight is 464 g/mol. The van der Waals surface area contributed by atoms with Crippen molar-refractivity contribution in [1.82, 2.24) is 10.2 Å². The highest BCUT2D eigenvalue weighted by Gasteiger charge is 2.51. The van der Waals surface area contributed by atoms with Crippen LogP contribution in [-0.4, -0.2) is 36.8 Å². The molecule has 4 rings (SSSR count). The van der Waals surface area contributed by atoms with Crippen molar-refractivity contribution in [3.63, 3.8) is 0 Å². The van der Waals surface area contributed by atoms with Crippen LogP contribution in [0.2, 0.25) is 18.1 Å². The van der Waals surface area contributed by atoms with Crippen molar-refractivity contribution in [2.24, 2.45) is 0 Å². The van der Waals surface area contributed by atoms with Gasteiger partial charge in [-0.25, -0.2) is 0 Å². The zero-order valence-corrected chi connectivity index (χ0v) is 22.5. The van der Waals surface area contributed by atoms with Gasteiger partial charge in [0.1, 0.15) is 0 Å². The molecule has 1 N–H and O–H groups in total. The topological polar surface area (TPSA) is 56.4 Å². The normalized spacial score (nSPS) is 18.3. The Bertz CT molecular complexity index is 1150. The van der Waals surface area contributed by atoms with E-state index in [4.69, 9.17) is 13.7 Å². The molecule has 5 nitrogen and oxygen atoms in total. The maximum Gasteiger partial charge on any atom is 0.494 e. The largest absolute Gasteiger partial charge is 0.494 e. The zero-order chi connectivity index (χ0) is 24.2. The molecule has 0 saturated carbocycles. The minimum atomic E-state index is -1.80. The molecule has 2 aromatic carbocycles. The van der Waals surface area contributed by atoms with Gasteiger partial charge < -0.3 is 13.7 Å². The van der Waals surface area contributed by atoms with Gasteiger partial charge in [-0.3, -0.25) is 5.10 Å². The first-order valence-corrected chi connectivity index (χ1v) is 14.7. The molecular weight excluding hydrogens is 427 g/mol. The summed E-state index contributed by atoms with van der Waals surface area (Å²) in [5.41, 5.74) is 4.44. The summed E-state index contributed by atoms with van der Waals surface area (Å²) < 4.78 is 18.9. The van der Waals surface area contributed by atoms with Crippen molar-refractivity contribution in [1.29, 1.82) is 0 Å². The van der Waals surface area contributed by atoms with Crippen LogP contribution in [0.1, 0.15) is 54.0 Å². The smallest absolute Gasteiger partial charge is 0.413 e. The number of H-pyrrole nitrogens is 1. The fourth-order valence-electron chi connectivity index (χ4n) is 3.67. The van der Waals surface area contributed by atoms with Crippen molar-refractivity contribution >= 4 is 31.8 Å². The first kappa shape index (κ1) is 24.2. The van der Waals surface area contributed by atoms with E-state index in [1.807, 2.05) is 0 Å². The standard InChI is InChI=1S/C26H37BN2O3Si/c1-24(2,3)33(8,9)30-17-18-11-10-12-19(15-18)23-21-14-13-20(16-22(21)28-29-23)27-31-25(4,5)26(6,7)32-27/h10-16H,17H2,1-9H3,(H,28,29). The van der Waals surface area contributed by atoms with E-state index in [0.29, 0.717) is 6.61 Å².